The van der Waals surface area contributed by atoms with Gasteiger partial charge in [-0.1, -0.05) is 24.3 Å². The smallest absolute Gasteiger partial charge is 0.0454 e. The monoisotopic (exact) mass is 148 g/mol. The van der Waals surface area contributed by atoms with Crippen molar-refractivity contribution < 1.29 is 0 Å². The fourth-order valence-electron chi connectivity index (χ4n) is 1.66. The van der Waals surface area contributed by atoms with Crippen molar-refractivity contribution in [3.8, 4) is 0 Å². The largest absolute Gasteiger partial charge is 0.326 e. The van der Waals surface area contributed by atoms with Gasteiger partial charge in [0.15, 0.2) is 0 Å². The Labute approximate surface area is 66.2 Å². The van der Waals surface area contributed by atoms with Crippen LogP contribution < -0.4 is 11.5 Å². The molecule has 2 atom stereocenters. The highest BCUT2D eigenvalue weighted by molar-refractivity contribution is 5.36. The van der Waals surface area contributed by atoms with E-state index in [4.69, 9.17) is 11.5 Å². The second-order valence-electron chi connectivity index (χ2n) is 3.09. The normalized spacial score (nSPS) is 28.5. The summed E-state index contributed by atoms with van der Waals surface area (Å²) >= 11 is 0. The maximum absolute atomic E-state index is 5.86. The van der Waals surface area contributed by atoms with Crippen LogP contribution in [0, 0.1) is 0 Å². The van der Waals surface area contributed by atoms with Gasteiger partial charge in [0.1, 0.15) is 0 Å². The van der Waals surface area contributed by atoms with E-state index in [1.165, 1.54) is 11.1 Å². The van der Waals surface area contributed by atoms with Gasteiger partial charge in [-0.2, -0.15) is 0 Å². The summed E-state index contributed by atoms with van der Waals surface area (Å²) < 4.78 is 0. The van der Waals surface area contributed by atoms with Gasteiger partial charge in [0, 0.05) is 12.1 Å². The van der Waals surface area contributed by atoms with E-state index in [1.807, 2.05) is 12.1 Å². The first kappa shape index (κ1) is 6.83. The van der Waals surface area contributed by atoms with E-state index >= 15 is 0 Å². The molecule has 0 spiro atoms. The van der Waals surface area contributed by atoms with Crippen LogP contribution in [0.5, 0.6) is 0 Å². The summed E-state index contributed by atoms with van der Waals surface area (Å²) in [5, 5.41) is 0. The third-order valence-corrected chi connectivity index (χ3v) is 2.33. The fraction of sp³-hybridized carbons (Fsp3) is 0.333. The fourth-order valence-corrected chi connectivity index (χ4v) is 1.66. The van der Waals surface area contributed by atoms with Gasteiger partial charge < -0.3 is 11.5 Å². The van der Waals surface area contributed by atoms with Crippen LogP contribution in [0.25, 0.3) is 0 Å². The Balaban J connectivity index is 2.47. The lowest BCUT2D eigenvalue weighted by molar-refractivity contribution is 0.593. The molecule has 58 valence electrons. The molecule has 0 aliphatic heterocycles. The molecule has 0 radical (unpaired) electrons. The zero-order valence-corrected chi connectivity index (χ0v) is 6.33. The molecule has 0 aromatic heterocycles. The Morgan fingerprint density at radius 2 is 1.91 bits per heavy atom. The van der Waals surface area contributed by atoms with E-state index in [0.29, 0.717) is 0 Å². The zero-order valence-electron chi connectivity index (χ0n) is 6.33. The Morgan fingerprint density at radius 3 is 2.64 bits per heavy atom. The van der Waals surface area contributed by atoms with Crippen molar-refractivity contribution in [2.75, 3.05) is 0 Å². The third-order valence-electron chi connectivity index (χ3n) is 2.33. The lowest BCUT2D eigenvalue weighted by Crippen LogP contribution is -2.30. The second-order valence-corrected chi connectivity index (χ2v) is 3.09. The molecule has 11 heavy (non-hydrogen) atoms. The van der Waals surface area contributed by atoms with E-state index in [0.717, 1.165) is 6.42 Å². The molecular weight excluding hydrogens is 136 g/mol. The van der Waals surface area contributed by atoms with Crippen molar-refractivity contribution in [2.24, 2.45) is 11.5 Å². The summed E-state index contributed by atoms with van der Waals surface area (Å²) in [6, 6.07) is 8.37. The van der Waals surface area contributed by atoms with Gasteiger partial charge in [-0.15, -0.1) is 0 Å². The minimum absolute atomic E-state index is 0.0474. The highest BCUT2D eigenvalue weighted by Gasteiger charge is 2.25. The Morgan fingerprint density at radius 1 is 1.18 bits per heavy atom. The van der Waals surface area contributed by atoms with Crippen LogP contribution in [0.3, 0.4) is 0 Å². The van der Waals surface area contributed by atoms with E-state index in [1.54, 1.807) is 0 Å². The number of fused-ring (bicyclic) bond motifs is 1. The summed E-state index contributed by atoms with van der Waals surface area (Å²) in [4.78, 5) is 0. The molecule has 0 saturated carbocycles. The number of benzene rings is 1. The molecule has 1 aromatic rings. The molecule has 4 N–H and O–H groups in total. The molecule has 2 heteroatoms. The molecule has 0 saturated heterocycles. The van der Waals surface area contributed by atoms with E-state index in [-0.39, 0.29) is 12.1 Å². The first-order valence-corrected chi connectivity index (χ1v) is 3.88. The first-order valence-electron chi connectivity index (χ1n) is 3.88. The van der Waals surface area contributed by atoms with Crippen LogP contribution in [0.15, 0.2) is 24.3 Å². The molecule has 0 heterocycles. The van der Waals surface area contributed by atoms with Crippen LogP contribution in [0.2, 0.25) is 0 Å². The summed E-state index contributed by atoms with van der Waals surface area (Å²) in [6.45, 7) is 0. The topological polar surface area (TPSA) is 52.0 Å². The van der Waals surface area contributed by atoms with Crippen LogP contribution in [0.4, 0.5) is 0 Å². The number of rotatable bonds is 0. The van der Waals surface area contributed by atoms with E-state index in [2.05, 4.69) is 12.1 Å². The van der Waals surface area contributed by atoms with E-state index in [9.17, 15) is 0 Å². The van der Waals surface area contributed by atoms with Crippen molar-refractivity contribution in [3.63, 3.8) is 0 Å². The van der Waals surface area contributed by atoms with Crippen molar-refractivity contribution in [3.05, 3.63) is 35.4 Å². The Bertz CT molecular complexity index is 270. The molecule has 1 aromatic carbocycles. The summed E-state index contributed by atoms with van der Waals surface area (Å²) in [6.07, 6.45) is 0.928. The lowest BCUT2D eigenvalue weighted by Gasteiger charge is -2.08. The van der Waals surface area contributed by atoms with Gasteiger partial charge >= 0.3 is 0 Å². The van der Waals surface area contributed by atoms with Gasteiger partial charge in [-0.25, -0.2) is 0 Å². The Hall–Kier alpha value is -0.860. The highest BCUT2D eigenvalue weighted by Crippen LogP contribution is 2.27. The highest BCUT2D eigenvalue weighted by atomic mass is 14.8. The van der Waals surface area contributed by atoms with Gasteiger partial charge in [0.05, 0.1) is 0 Å². The standard InChI is InChI=1S/C9H12N2/c10-8-5-6-3-1-2-4-7(6)9(8)11/h1-4,8-9H,5,10-11H2. The predicted octanol–water partition coefficient (Wildman–Crippen LogP) is 0.570. The van der Waals surface area contributed by atoms with Crippen molar-refractivity contribution in [2.45, 2.75) is 18.5 Å². The molecule has 1 aliphatic carbocycles. The molecular formula is C9H12N2. The molecule has 0 bridgehead atoms. The zero-order chi connectivity index (χ0) is 7.84. The second kappa shape index (κ2) is 2.32. The first-order chi connectivity index (χ1) is 5.29. The Kier molecular flexibility index (Phi) is 1.44. The number of nitrogens with two attached hydrogens (primary N) is 2. The average molecular weight is 148 g/mol. The minimum atomic E-state index is 0.0474. The molecule has 2 unspecified atom stereocenters. The quantitative estimate of drug-likeness (QED) is 0.565. The van der Waals surface area contributed by atoms with Gasteiger partial charge in [-0.05, 0) is 17.5 Å². The number of hydrogen-bond acceptors (Lipinski definition) is 2. The summed E-state index contributed by atoms with van der Waals surface area (Å²) in [5.74, 6) is 0. The summed E-state index contributed by atoms with van der Waals surface area (Å²) in [7, 11) is 0. The maximum atomic E-state index is 5.86. The van der Waals surface area contributed by atoms with Crippen molar-refractivity contribution >= 4 is 0 Å². The molecule has 2 rings (SSSR count). The van der Waals surface area contributed by atoms with Crippen molar-refractivity contribution in [1.82, 2.24) is 0 Å². The predicted molar refractivity (Wildman–Crippen MR) is 45.0 cm³/mol. The molecule has 2 nitrogen and oxygen atoms in total. The maximum Gasteiger partial charge on any atom is 0.0454 e. The minimum Gasteiger partial charge on any atom is -0.326 e. The van der Waals surface area contributed by atoms with Crippen molar-refractivity contribution in [1.29, 1.82) is 0 Å². The molecule has 1 aliphatic rings. The SMILES string of the molecule is NC1Cc2ccccc2C1N. The summed E-state index contributed by atoms with van der Waals surface area (Å²) in [5.41, 5.74) is 14.2. The van der Waals surface area contributed by atoms with Gasteiger partial charge in [0.25, 0.3) is 0 Å². The third kappa shape index (κ3) is 0.951. The van der Waals surface area contributed by atoms with Gasteiger partial charge in [-0.3, -0.25) is 0 Å². The van der Waals surface area contributed by atoms with Crippen LogP contribution in [-0.4, -0.2) is 6.04 Å². The molecule has 0 fully saturated rings. The average Bonchev–Trinajstić information content (AvgIpc) is 2.30. The lowest BCUT2D eigenvalue weighted by atomic mass is 10.1. The van der Waals surface area contributed by atoms with Crippen LogP contribution in [0.1, 0.15) is 17.2 Å². The number of hydrogen-bond donors (Lipinski definition) is 2. The van der Waals surface area contributed by atoms with Crippen LogP contribution >= 0.6 is 0 Å². The molecule has 0 amide bonds. The van der Waals surface area contributed by atoms with Crippen LogP contribution in [-0.2, 0) is 6.42 Å². The van der Waals surface area contributed by atoms with Gasteiger partial charge in [0.2, 0.25) is 0 Å². The van der Waals surface area contributed by atoms with E-state index < -0.39 is 0 Å².